The number of amides is 1. The molecule has 2 aliphatic rings. The Labute approximate surface area is 144 Å². The number of aromatic nitrogens is 4. The molecule has 1 saturated heterocycles. The number of aromatic amines is 1. The fourth-order valence-corrected chi connectivity index (χ4v) is 4.16. The molecule has 3 atom stereocenters. The number of nitrogens with zero attached hydrogens (tertiary/aromatic N) is 4. The van der Waals surface area contributed by atoms with Gasteiger partial charge in [0, 0.05) is 29.5 Å². The SMILES string of the molecule is CC(C(=O)N1C[C@@]2(CO)C[C@@]2(CO)C1)c1ccc(-c2nn[nH]n2)cc1. The average Bonchev–Trinajstić information content (AvgIpc) is 3.02. The summed E-state index contributed by atoms with van der Waals surface area (Å²) in [5, 5.41) is 33.2. The largest absolute Gasteiger partial charge is 0.396 e. The van der Waals surface area contributed by atoms with E-state index in [-0.39, 0.29) is 35.9 Å². The van der Waals surface area contributed by atoms with Crippen LogP contribution >= 0.6 is 0 Å². The van der Waals surface area contributed by atoms with Crippen molar-refractivity contribution in [2.75, 3.05) is 26.3 Å². The second-order valence-electron chi connectivity index (χ2n) is 7.33. The Bertz CT molecular complexity index is 760. The van der Waals surface area contributed by atoms with Crippen LogP contribution in [0, 0.1) is 10.8 Å². The number of aliphatic hydroxyl groups is 2. The maximum Gasteiger partial charge on any atom is 0.229 e. The lowest BCUT2D eigenvalue weighted by atomic mass is 9.98. The summed E-state index contributed by atoms with van der Waals surface area (Å²) in [5.74, 6) is 0.253. The highest BCUT2D eigenvalue weighted by Gasteiger charge is 2.72. The van der Waals surface area contributed by atoms with E-state index < -0.39 is 0 Å². The number of carbonyl (C=O) groups is 1. The predicted octanol–water partition coefficient (Wildman–Crippen LogP) is 0.173. The summed E-state index contributed by atoms with van der Waals surface area (Å²) in [6.07, 6.45) is 0.796. The third-order valence-electron chi connectivity index (χ3n) is 5.97. The molecular weight excluding hydrogens is 322 g/mol. The van der Waals surface area contributed by atoms with Gasteiger partial charge in [-0.25, -0.2) is 0 Å². The first-order chi connectivity index (χ1) is 12.0. The monoisotopic (exact) mass is 343 g/mol. The Balaban J connectivity index is 1.48. The lowest BCUT2D eigenvalue weighted by molar-refractivity contribution is -0.132. The van der Waals surface area contributed by atoms with Crippen LogP contribution in [-0.2, 0) is 4.79 Å². The summed E-state index contributed by atoms with van der Waals surface area (Å²) in [6.45, 7) is 2.96. The first-order valence-electron chi connectivity index (χ1n) is 8.38. The number of rotatable bonds is 5. The van der Waals surface area contributed by atoms with Crippen LogP contribution in [-0.4, -0.2) is 67.9 Å². The van der Waals surface area contributed by atoms with E-state index in [1.54, 1.807) is 4.90 Å². The summed E-state index contributed by atoms with van der Waals surface area (Å²) in [4.78, 5) is 14.7. The van der Waals surface area contributed by atoms with E-state index in [1.807, 2.05) is 31.2 Å². The number of hydrogen-bond acceptors (Lipinski definition) is 6. The minimum absolute atomic E-state index is 0.0190. The van der Waals surface area contributed by atoms with Gasteiger partial charge in [-0.2, -0.15) is 5.21 Å². The highest BCUT2D eigenvalue weighted by atomic mass is 16.3. The number of benzene rings is 1. The zero-order valence-corrected chi connectivity index (χ0v) is 14.0. The Morgan fingerprint density at radius 1 is 1.24 bits per heavy atom. The molecule has 1 aromatic carbocycles. The Morgan fingerprint density at radius 3 is 2.40 bits per heavy atom. The summed E-state index contributed by atoms with van der Waals surface area (Å²) >= 11 is 0. The Kier molecular flexibility index (Phi) is 3.62. The smallest absolute Gasteiger partial charge is 0.229 e. The molecule has 8 heteroatoms. The molecular formula is C17H21N5O3. The summed E-state index contributed by atoms with van der Waals surface area (Å²) < 4.78 is 0. The van der Waals surface area contributed by atoms with E-state index in [9.17, 15) is 15.0 Å². The number of H-pyrrole nitrogens is 1. The van der Waals surface area contributed by atoms with Crippen molar-refractivity contribution in [1.82, 2.24) is 25.5 Å². The summed E-state index contributed by atoms with van der Waals surface area (Å²) in [5.41, 5.74) is 1.13. The molecule has 0 spiro atoms. The molecule has 1 amide bonds. The predicted molar refractivity (Wildman–Crippen MR) is 88.3 cm³/mol. The van der Waals surface area contributed by atoms with E-state index in [1.165, 1.54) is 0 Å². The maximum atomic E-state index is 12.9. The number of tetrazole rings is 1. The molecule has 25 heavy (non-hydrogen) atoms. The molecule has 1 aliphatic heterocycles. The van der Waals surface area contributed by atoms with Gasteiger partial charge in [0.2, 0.25) is 11.7 Å². The number of carbonyl (C=O) groups excluding carboxylic acids is 1. The molecule has 1 unspecified atom stereocenters. The standard InChI is InChI=1S/C17H21N5O3/c1-11(12-2-4-13(5-3-12)14-18-20-21-19-14)15(25)22-7-16(9-23)6-17(16,8-22)10-24/h2-5,11,23-24H,6-10H2,1H3,(H,18,19,20,21)/t11?,16-,17+. The third-order valence-corrected chi connectivity index (χ3v) is 5.97. The zero-order chi connectivity index (χ0) is 17.7. The van der Waals surface area contributed by atoms with Crippen LogP contribution in [0.5, 0.6) is 0 Å². The molecule has 0 bridgehead atoms. The molecule has 4 rings (SSSR count). The fraction of sp³-hybridized carbons (Fsp3) is 0.529. The molecule has 2 heterocycles. The lowest BCUT2D eigenvalue weighted by Crippen LogP contribution is -2.36. The number of piperidine rings is 1. The van der Waals surface area contributed by atoms with Gasteiger partial charge in [-0.3, -0.25) is 4.79 Å². The van der Waals surface area contributed by atoms with Crippen molar-refractivity contribution < 1.29 is 15.0 Å². The Morgan fingerprint density at radius 2 is 1.88 bits per heavy atom. The number of hydrogen-bond donors (Lipinski definition) is 3. The quantitative estimate of drug-likeness (QED) is 0.713. The van der Waals surface area contributed by atoms with Crippen molar-refractivity contribution in [3.63, 3.8) is 0 Å². The second-order valence-corrected chi connectivity index (χ2v) is 7.33. The molecule has 3 N–H and O–H groups in total. The molecule has 2 aromatic rings. The van der Waals surface area contributed by atoms with Gasteiger partial charge in [0.05, 0.1) is 19.1 Å². The summed E-state index contributed by atoms with van der Waals surface area (Å²) in [7, 11) is 0. The van der Waals surface area contributed by atoms with Crippen LogP contribution in [0.15, 0.2) is 24.3 Å². The number of fused-ring (bicyclic) bond motifs is 1. The van der Waals surface area contributed by atoms with Gasteiger partial charge in [0.25, 0.3) is 0 Å². The van der Waals surface area contributed by atoms with E-state index in [0.29, 0.717) is 18.9 Å². The van der Waals surface area contributed by atoms with Crippen LogP contribution in [0.2, 0.25) is 0 Å². The lowest BCUT2D eigenvalue weighted by Gasteiger charge is -2.24. The highest BCUT2D eigenvalue weighted by molar-refractivity contribution is 5.84. The fourth-order valence-electron chi connectivity index (χ4n) is 4.16. The zero-order valence-electron chi connectivity index (χ0n) is 14.0. The number of nitrogens with one attached hydrogen (secondary N) is 1. The van der Waals surface area contributed by atoms with Gasteiger partial charge in [-0.05, 0) is 24.1 Å². The van der Waals surface area contributed by atoms with Crippen LogP contribution in [0.25, 0.3) is 11.4 Å². The van der Waals surface area contributed by atoms with Gasteiger partial charge in [0.15, 0.2) is 0 Å². The van der Waals surface area contributed by atoms with E-state index in [2.05, 4.69) is 20.6 Å². The van der Waals surface area contributed by atoms with E-state index >= 15 is 0 Å². The van der Waals surface area contributed by atoms with Gasteiger partial charge in [-0.1, -0.05) is 24.3 Å². The number of likely N-dealkylation sites (tertiary alicyclic amines) is 1. The summed E-state index contributed by atoms with van der Waals surface area (Å²) in [6, 6.07) is 7.54. The van der Waals surface area contributed by atoms with Crippen LogP contribution in [0.4, 0.5) is 0 Å². The maximum absolute atomic E-state index is 12.9. The van der Waals surface area contributed by atoms with Crippen molar-refractivity contribution in [3.05, 3.63) is 29.8 Å². The normalized spacial score (nSPS) is 28.7. The van der Waals surface area contributed by atoms with Crippen molar-refractivity contribution >= 4 is 5.91 Å². The molecule has 132 valence electrons. The molecule has 8 nitrogen and oxygen atoms in total. The van der Waals surface area contributed by atoms with Crippen molar-refractivity contribution in [3.8, 4) is 11.4 Å². The first kappa shape index (κ1) is 16.2. The third kappa shape index (κ3) is 2.36. The van der Waals surface area contributed by atoms with E-state index in [0.717, 1.165) is 17.5 Å². The number of aliphatic hydroxyl groups excluding tert-OH is 2. The van der Waals surface area contributed by atoms with E-state index in [4.69, 9.17) is 0 Å². The Hall–Kier alpha value is -2.32. The van der Waals surface area contributed by atoms with Gasteiger partial charge in [-0.15, -0.1) is 10.2 Å². The molecule has 1 aromatic heterocycles. The van der Waals surface area contributed by atoms with Crippen LogP contribution in [0.3, 0.4) is 0 Å². The average molecular weight is 343 g/mol. The van der Waals surface area contributed by atoms with Gasteiger partial charge >= 0.3 is 0 Å². The first-order valence-corrected chi connectivity index (χ1v) is 8.38. The minimum Gasteiger partial charge on any atom is -0.396 e. The molecule has 2 fully saturated rings. The van der Waals surface area contributed by atoms with Crippen molar-refractivity contribution in [1.29, 1.82) is 0 Å². The van der Waals surface area contributed by atoms with Crippen LogP contribution < -0.4 is 0 Å². The topological polar surface area (TPSA) is 115 Å². The highest BCUT2D eigenvalue weighted by Crippen LogP contribution is 2.67. The second kappa shape index (κ2) is 5.60. The van der Waals surface area contributed by atoms with Crippen molar-refractivity contribution in [2.45, 2.75) is 19.3 Å². The minimum atomic E-state index is -0.306. The van der Waals surface area contributed by atoms with Gasteiger partial charge in [0.1, 0.15) is 0 Å². The molecule has 1 saturated carbocycles. The molecule has 0 radical (unpaired) electrons. The van der Waals surface area contributed by atoms with Crippen molar-refractivity contribution in [2.24, 2.45) is 10.8 Å². The molecule has 1 aliphatic carbocycles. The van der Waals surface area contributed by atoms with Gasteiger partial charge < -0.3 is 15.1 Å². The van der Waals surface area contributed by atoms with Crippen LogP contribution in [0.1, 0.15) is 24.8 Å².